The highest BCUT2D eigenvalue weighted by molar-refractivity contribution is 9.10. The second-order valence-corrected chi connectivity index (χ2v) is 6.26. The van der Waals surface area contributed by atoms with Gasteiger partial charge in [-0.1, -0.05) is 12.1 Å². The fourth-order valence-corrected chi connectivity index (χ4v) is 3.03. The molecule has 0 aliphatic carbocycles. The van der Waals surface area contributed by atoms with Crippen molar-refractivity contribution in [2.45, 2.75) is 13.8 Å². The molecule has 2 rings (SSSR count). The van der Waals surface area contributed by atoms with Gasteiger partial charge in [0.25, 0.3) is 5.91 Å². The van der Waals surface area contributed by atoms with Crippen molar-refractivity contribution in [1.82, 2.24) is 14.8 Å². The molecule has 2 aromatic rings. The number of aryl methyl sites for hydroxylation is 1. The molecule has 0 unspecified atom stereocenters. The number of hydrogen-bond acceptors (Lipinski definition) is 2. The predicted molar refractivity (Wildman–Crippen MR) is 93.8 cm³/mol. The molecular weight excluding hydrogens is 342 g/mol. The zero-order chi connectivity index (χ0) is 16.3. The van der Waals surface area contributed by atoms with Crippen molar-refractivity contribution >= 4 is 21.8 Å². The number of para-hydroxylation sites is 1. The van der Waals surface area contributed by atoms with Gasteiger partial charge in [-0.25, -0.2) is 0 Å². The van der Waals surface area contributed by atoms with E-state index in [4.69, 9.17) is 0 Å². The van der Waals surface area contributed by atoms with Crippen LogP contribution in [0.3, 0.4) is 0 Å². The molecule has 0 spiro atoms. The van der Waals surface area contributed by atoms with Gasteiger partial charge in [-0.3, -0.25) is 4.79 Å². The zero-order valence-electron chi connectivity index (χ0n) is 13.5. The number of halogens is 1. The molecule has 0 atom stereocenters. The van der Waals surface area contributed by atoms with Gasteiger partial charge in [0, 0.05) is 36.0 Å². The number of rotatable bonds is 5. The number of hydrogen-bond donors (Lipinski definition) is 1. The molecule has 0 saturated carbocycles. The molecular formula is C17H22BrN3O. The summed E-state index contributed by atoms with van der Waals surface area (Å²) in [6.45, 7) is 5.49. The monoisotopic (exact) mass is 363 g/mol. The molecule has 0 aliphatic heterocycles. The van der Waals surface area contributed by atoms with Gasteiger partial charge in [0.2, 0.25) is 0 Å². The third-order valence-electron chi connectivity index (χ3n) is 3.80. The maximum atomic E-state index is 12.6. The summed E-state index contributed by atoms with van der Waals surface area (Å²) in [5, 5.41) is 3.06. The minimum absolute atomic E-state index is 0.0571. The number of carbonyl (C=O) groups is 1. The summed E-state index contributed by atoms with van der Waals surface area (Å²) in [4.78, 5) is 14.4. The Morgan fingerprint density at radius 2 is 2.00 bits per heavy atom. The highest BCUT2D eigenvalue weighted by atomic mass is 79.9. The predicted octanol–water partition coefficient (Wildman–Crippen LogP) is 3.15. The van der Waals surface area contributed by atoms with Crippen LogP contribution < -0.4 is 5.32 Å². The Morgan fingerprint density at radius 1 is 1.32 bits per heavy atom. The summed E-state index contributed by atoms with van der Waals surface area (Å²) in [5.41, 5.74) is 3.82. The lowest BCUT2D eigenvalue weighted by atomic mass is 10.2. The molecule has 22 heavy (non-hydrogen) atoms. The number of likely N-dealkylation sites (N-methyl/N-ethyl adjacent to an activating group) is 2. The number of benzene rings is 1. The van der Waals surface area contributed by atoms with Crippen molar-refractivity contribution in [3.05, 3.63) is 51.8 Å². The Kier molecular flexibility index (Phi) is 5.42. The summed E-state index contributed by atoms with van der Waals surface area (Å²) in [5.74, 6) is 0.0571. The molecule has 1 aromatic heterocycles. The van der Waals surface area contributed by atoms with E-state index in [1.54, 1.807) is 4.90 Å². The normalized spacial score (nSPS) is 10.8. The maximum absolute atomic E-state index is 12.6. The Balaban J connectivity index is 2.40. The minimum atomic E-state index is 0.0571. The first-order chi connectivity index (χ1) is 10.5. The van der Waals surface area contributed by atoms with Crippen LogP contribution in [0.5, 0.6) is 0 Å². The van der Waals surface area contributed by atoms with Gasteiger partial charge in [0.15, 0.2) is 0 Å². The van der Waals surface area contributed by atoms with Gasteiger partial charge < -0.3 is 14.8 Å². The summed E-state index contributed by atoms with van der Waals surface area (Å²) in [6.07, 6.45) is 0. The van der Waals surface area contributed by atoms with Gasteiger partial charge in [-0.2, -0.15) is 0 Å². The van der Waals surface area contributed by atoms with Crippen LogP contribution >= 0.6 is 15.9 Å². The van der Waals surface area contributed by atoms with Crippen LogP contribution in [0.4, 0.5) is 0 Å². The lowest BCUT2D eigenvalue weighted by Gasteiger charge is -2.17. The molecule has 4 nitrogen and oxygen atoms in total. The van der Waals surface area contributed by atoms with Gasteiger partial charge >= 0.3 is 0 Å². The first-order valence-electron chi connectivity index (χ1n) is 7.31. The fraction of sp³-hybridized carbons (Fsp3) is 0.353. The number of nitrogens with zero attached hydrogens (tertiary/aromatic N) is 2. The standard InChI is InChI=1S/C17H22BrN3O/c1-12-11-14(17(22)20(4)10-9-19-3)13(2)21(12)16-8-6-5-7-15(16)18/h5-8,11,19H,9-10H2,1-4H3. The largest absolute Gasteiger partial charge is 0.340 e. The van der Waals surface area contributed by atoms with Crippen LogP contribution in [0.2, 0.25) is 0 Å². The van der Waals surface area contributed by atoms with E-state index in [0.29, 0.717) is 6.54 Å². The summed E-state index contributed by atoms with van der Waals surface area (Å²) in [7, 11) is 3.72. The minimum Gasteiger partial charge on any atom is -0.340 e. The van der Waals surface area contributed by atoms with Crippen molar-refractivity contribution < 1.29 is 4.79 Å². The van der Waals surface area contributed by atoms with E-state index in [2.05, 4.69) is 25.8 Å². The summed E-state index contributed by atoms with van der Waals surface area (Å²) >= 11 is 3.59. The van der Waals surface area contributed by atoms with Gasteiger partial charge in [0.05, 0.1) is 11.3 Å². The number of amides is 1. The highest BCUT2D eigenvalue weighted by Crippen LogP contribution is 2.27. The zero-order valence-corrected chi connectivity index (χ0v) is 15.1. The Hall–Kier alpha value is -1.59. The van der Waals surface area contributed by atoms with Crippen molar-refractivity contribution in [2.24, 2.45) is 0 Å². The molecule has 0 radical (unpaired) electrons. The number of aromatic nitrogens is 1. The van der Waals surface area contributed by atoms with E-state index in [-0.39, 0.29) is 5.91 Å². The van der Waals surface area contributed by atoms with Crippen LogP contribution in [0.25, 0.3) is 5.69 Å². The first-order valence-corrected chi connectivity index (χ1v) is 8.10. The van der Waals surface area contributed by atoms with Crippen molar-refractivity contribution in [1.29, 1.82) is 0 Å². The Labute approximate surface area is 140 Å². The molecule has 1 heterocycles. The van der Waals surface area contributed by atoms with E-state index in [9.17, 15) is 4.79 Å². The van der Waals surface area contributed by atoms with Gasteiger partial charge in [-0.15, -0.1) is 0 Å². The second kappa shape index (κ2) is 7.11. The Bertz CT molecular complexity index is 679. The first kappa shape index (κ1) is 16.8. The van der Waals surface area contributed by atoms with Gasteiger partial charge in [-0.05, 0) is 55.0 Å². The fourth-order valence-electron chi connectivity index (χ4n) is 2.57. The molecule has 0 aliphatic rings. The molecule has 1 N–H and O–H groups in total. The van der Waals surface area contributed by atoms with Crippen LogP contribution in [-0.2, 0) is 0 Å². The lowest BCUT2D eigenvalue weighted by Crippen LogP contribution is -2.33. The second-order valence-electron chi connectivity index (χ2n) is 5.40. The van der Waals surface area contributed by atoms with E-state index < -0.39 is 0 Å². The molecule has 0 saturated heterocycles. The third-order valence-corrected chi connectivity index (χ3v) is 4.47. The number of carbonyl (C=O) groups excluding carboxylic acids is 1. The smallest absolute Gasteiger partial charge is 0.255 e. The molecule has 0 bridgehead atoms. The highest BCUT2D eigenvalue weighted by Gasteiger charge is 2.20. The lowest BCUT2D eigenvalue weighted by molar-refractivity contribution is 0.0796. The average molecular weight is 364 g/mol. The number of nitrogens with one attached hydrogen (secondary N) is 1. The van der Waals surface area contributed by atoms with Crippen LogP contribution in [0, 0.1) is 13.8 Å². The quantitative estimate of drug-likeness (QED) is 0.885. The molecule has 5 heteroatoms. The van der Waals surface area contributed by atoms with E-state index in [1.165, 1.54) is 0 Å². The summed E-state index contributed by atoms with van der Waals surface area (Å²) in [6, 6.07) is 10.0. The average Bonchev–Trinajstić information content (AvgIpc) is 2.79. The SMILES string of the molecule is CNCCN(C)C(=O)c1cc(C)n(-c2ccccc2Br)c1C. The molecule has 0 fully saturated rings. The van der Waals surface area contributed by atoms with E-state index in [1.807, 2.05) is 58.3 Å². The van der Waals surface area contributed by atoms with Crippen molar-refractivity contribution in [3.8, 4) is 5.69 Å². The van der Waals surface area contributed by atoms with E-state index >= 15 is 0 Å². The Morgan fingerprint density at radius 3 is 2.64 bits per heavy atom. The van der Waals surface area contributed by atoms with Crippen LogP contribution in [-0.4, -0.2) is 42.6 Å². The third kappa shape index (κ3) is 3.25. The summed E-state index contributed by atoms with van der Waals surface area (Å²) < 4.78 is 3.13. The van der Waals surface area contributed by atoms with Crippen molar-refractivity contribution in [3.63, 3.8) is 0 Å². The molecule has 1 amide bonds. The topological polar surface area (TPSA) is 37.3 Å². The van der Waals surface area contributed by atoms with Crippen LogP contribution in [0.1, 0.15) is 21.7 Å². The van der Waals surface area contributed by atoms with Crippen LogP contribution in [0.15, 0.2) is 34.8 Å². The molecule has 118 valence electrons. The van der Waals surface area contributed by atoms with Crippen molar-refractivity contribution in [2.75, 3.05) is 27.2 Å². The maximum Gasteiger partial charge on any atom is 0.255 e. The van der Waals surface area contributed by atoms with Gasteiger partial charge in [0.1, 0.15) is 0 Å². The van der Waals surface area contributed by atoms with E-state index in [0.717, 1.165) is 33.7 Å². The molecule has 1 aromatic carbocycles.